The van der Waals surface area contributed by atoms with Crippen LogP contribution in [0, 0.1) is 6.92 Å². The molecule has 1 amide bonds. The highest BCUT2D eigenvalue weighted by Gasteiger charge is 2.16. The van der Waals surface area contributed by atoms with Gasteiger partial charge in [-0.1, -0.05) is 19.1 Å². The summed E-state index contributed by atoms with van der Waals surface area (Å²) >= 11 is 2.55. The maximum atomic E-state index is 12.4. The highest BCUT2D eigenvalue weighted by atomic mass is 32.2. The second kappa shape index (κ2) is 7.56. The minimum absolute atomic E-state index is 0.220. The van der Waals surface area contributed by atoms with E-state index in [0.29, 0.717) is 16.4 Å². The molecule has 0 saturated carbocycles. The minimum Gasteiger partial charge on any atom is -0.298 e. The van der Waals surface area contributed by atoms with Crippen molar-refractivity contribution in [3.8, 4) is 0 Å². The molecule has 0 fully saturated rings. The predicted octanol–water partition coefficient (Wildman–Crippen LogP) is 4.13. The maximum absolute atomic E-state index is 12.4. The number of rotatable bonds is 6. The lowest BCUT2D eigenvalue weighted by Gasteiger charge is -2.08. The van der Waals surface area contributed by atoms with Crippen LogP contribution in [0.1, 0.15) is 27.9 Å². The van der Waals surface area contributed by atoms with Crippen LogP contribution in [-0.4, -0.2) is 19.3 Å². The van der Waals surface area contributed by atoms with Gasteiger partial charge >= 0.3 is 0 Å². The number of carbonyl (C=O) groups excluding carboxylic acids is 1. The van der Waals surface area contributed by atoms with Crippen molar-refractivity contribution in [1.82, 2.24) is 4.98 Å². The van der Waals surface area contributed by atoms with E-state index in [4.69, 9.17) is 0 Å². The van der Waals surface area contributed by atoms with Crippen molar-refractivity contribution in [2.75, 3.05) is 10.0 Å². The number of aromatic nitrogens is 1. The first-order valence-electron chi connectivity index (χ1n) is 7.83. The molecule has 2 aromatic heterocycles. The monoisotopic (exact) mass is 407 g/mol. The van der Waals surface area contributed by atoms with Crippen LogP contribution in [-0.2, 0) is 16.4 Å². The Balaban J connectivity index is 1.77. The first kappa shape index (κ1) is 18.6. The molecule has 1 aromatic carbocycles. The summed E-state index contributed by atoms with van der Waals surface area (Å²) in [6.07, 6.45) is 0.804. The Morgan fingerprint density at radius 3 is 2.69 bits per heavy atom. The summed E-state index contributed by atoms with van der Waals surface area (Å²) in [6, 6.07) is 9.56. The zero-order chi connectivity index (χ0) is 18.7. The van der Waals surface area contributed by atoms with Crippen molar-refractivity contribution in [2.24, 2.45) is 0 Å². The molecule has 0 unspecified atom stereocenters. The molecule has 0 bridgehead atoms. The van der Waals surface area contributed by atoms with Crippen LogP contribution in [0.3, 0.4) is 0 Å². The lowest BCUT2D eigenvalue weighted by Crippen LogP contribution is -2.14. The van der Waals surface area contributed by atoms with E-state index in [1.165, 1.54) is 23.5 Å². The van der Waals surface area contributed by atoms with E-state index in [9.17, 15) is 13.2 Å². The average Bonchev–Trinajstić information content (AvgIpc) is 3.25. The molecule has 0 saturated heterocycles. The third kappa shape index (κ3) is 4.12. The van der Waals surface area contributed by atoms with Gasteiger partial charge in [-0.15, -0.1) is 22.7 Å². The highest BCUT2D eigenvalue weighted by Crippen LogP contribution is 2.24. The number of amides is 1. The Kier molecular flexibility index (Phi) is 5.40. The lowest BCUT2D eigenvalue weighted by molar-refractivity contribution is 0.102. The van der Waals surface area contributed by atoms with Crippen LogP contribution in [0.5, 0.6) is 0 Å². The number of sulfonamides is 1. The number of aryl methyl sites for hydroxylation is 2. The SMILES string of the molecule is CCc1nc(NC(=O)c2cccc(NS(=O)(=O)c3cccs3)c2)sc1C. The van der Waals surface area contributed by atoms with Crippen LogP contribution >= 0.6 is 22.7 Å². The van der Waals surface area contributed by atoms with E-state index in [1.807, 2.05) is 13.8 Å². The van der Waals surface area contributed by atoms with Gasteiger partial charge in [-0.05, 0) is 43.0 Å². The van der Waals surface area contributed by atoms with Gasteiger partial charge in [0.15, 0.2) is 5.13 Å². The van der Waals surface area contributed by atoms with Crippen molar-refractivity contribution in [3.63, 3.8) is 0 Å². The molecule has 9 heteroatoms. The summed E-state index contributed by atoms with van der Waals surface area (Å²) in [6.45, 7) is 3.98. The molecule has 0 aliphatic rings. The summed E-state index contributed by atoms with van der Waals surface area (Å²) in [5, 5.41) is 4.99. The summed E-state index contributed by atoms with van der Waals surface area (Å²) in [5.41, 5.74) is 1.64. The number of nitrogens with one attached hydrogen (secondary N) is 2. The first-order chi connectivity index (χ1) is 12.4. The molecule has 6 nitrogen and oxygen atoms in total. The summed E-state index contributed by atoms with van der Waals surface area (Å²) in [4.78, 5) is 17.9. The van der Waals surface area contributed by atoms with Crippen molar-refractivity contribution in [3.05, 3.63) is 57.9 Å². The summed E-state index contributed by atoms with van der Waals surface area (Å²) in [7, 11) is -3.65. The maximum Gasteiger partial charge on any atom is 0.271 e. The van der Waals surface area contributed by atoms with Crippen molar-refractivity contribution in [2.45, 2.75) is 24.5 Å². The smallest absolute Gasteiger partial charge is 0.271 e. The van der Waals surface area contributed by atoms with E-state index in [0.717, 1.165) is 28.3 Å². The van der Waals surface area contributed by atoms with Gasteiger partial charge in [0, 0.05) is 16.1 Å². The molecule has 2 heterocycles. The van der Waals surface area contributed by atoms with Gasteiger partial charge in [0.1, 0.15) is 4.21 Å². The van der Waals surface area contributed by atoms with Gasteiger partial charge in [-0.2, -0.15) is 0 Å². The Morgan fingerprint density at radius 1 is 1.23 bits per heavy atom. The van der Waals surface area contributed by atoms with E-state index in [2.05, 4.69) is 15.0 Å². The standard InChI is InChI=1S/C17H17N3O3S3/c1-3-14-11(2)25-17(18-14)19-16(21)12-6-4-7-13(10-12)20-26(22,23)15-8-5-9-24-15/h4-10,20H,3H2,1-2H3,(H,18,19,21). The number of nitrogens with zero attached hydrogens (tertiary/aromatic N) is 1. The molecule has 0 radical (unpaired) electrons. The van der Waals surface area contributed by atoms with Gasteiger partial charge < -0.3 is 0 Å². The van der Waals surface area contributed by atoms with Crippen LogP contribution in [0.15, 0.2) is 46.0 Å². The fourth-order valence-electron chi connectivity index (χ4n) is 2.32. The minimum atomic E-state index is -3.65. The van der Waals surface area contributed by atoms with E-state index in [-0.39, 0.29) is 10.1 Å². The molecule has 3 aromatic rings. The second-order valence-electron chi connectivity index (χ2n) is 5.45. The highest BCUT2D eigenvalue weighted by molar-refractivity contribution is 7.94. The van der Waals surface area contributed by atoms with E-state index < -0.39 is 10.0 Å². The third-order valence-electron chi connectivity index (χ3n) is 3.58. The molecule has 136 valence electrons. The number of hydrogen-bond acceptors (Lipinski definition) is 6. The molecule has 26 heavy (non-hydrogen) atoms. The molecule has 3 rings (SSSR count). The molecule has 0 atom stereocenters. The largest absolute Gasteiger partial charge is 0.298 e. The van der Waals surface area contributed by atoms with Crippen molar-refractivity contribution < 1.29 is 13.2 Å². The zero-order valence-corrected chi connectivity index (χ0v) is 16.6. The third-order valence-corrected chi connectivity index (χ3v) is 7.29. The average molecular weight is 408 g/mol. The number of thiophene rings is 1. The van der Waals surface area contributed by atoms with Crippen LogP contribution < -0.4 is 10.0 Å². The lowest BCUT2D eigenvalue weighted by atomic mass is 10.2. The van der Waals surface area contributed by atoms with E-state index in [1.54, 1.807) is 29.6 Å². The normalized spacial score (nSPS) is 11.3. The summed E-state index contributed by atoms with van der Waals surface area (Å²) in [5.74, 6) is -0.335. The number of thiazole rings is 1. The topological polar surface area (TPSA) is 88.2 Å². The summed E-state index contributed by atoms with van der Waals surface area (Å²) < 4.78 is 27.3. The number of carbonyl (C=O) groups is 1. The Bertz CT molecular complexity index is 1020. The van der Waals surface area contributed by atoms with Crippen LogP contribution in [0.4, 0.5) is 10.8 Å². The fraction of sp³-hybridized carbons (Fsp3) is 0.176. The molecule has 0 aliphatic carbocycles. The van der Waals surface area contributed by atoms with E-state index >= 15 is 0 Å². The van der Waals surface area contributed by atoms with Crippen molar-refractivity contribution >= 4 is 49.4 Å². The molecule has 0 aliphatic heterocycles. The molecule has 2 N–H and O–H groups in total. The van der Waals surface area contributed by atoms with Gasteiger partial charge in [0.05, 0.1) is 5.69 Å². The molecular weight excluding hydrogens is 390 g/mol. The first-order valence-corrected chi connectivity index (χ1v) is 11.0. The predicted molar refractivity (Wildman–Crippen MR) is 106 cm³/mol. The fourth-order valence-corrected chi connectivity index (χ4v) is 5.26. The second-order valence-corrected chi connectivity index (χ2v) is 9.51. The Morgan fingerprint density at radius 2 is 2.04 bits per heavy atom. The zero-order valence-electron chi connectivity index (χ0n) is 14.1. The number of anilines is 2. The quantitative estimate of drug-likeness (QED) is 0.643. The molecular formula is C17H17N3O3S3. The van der Waals surface area contributed by atoms with Crippen molar-refractivity contribution in [1.29, 1.82) is 0 Å². The Labute approximate surface area is 160 Å². The Hall–Kier alpha value is -2.23. The number of benzene rings is 1. The van der Waals surface area contributed by atoms with Crippen LogP contribution in [0.25, 0.3) is 0 Å². The van der Waals surface area contributed by atoms with Crippen LogP contribution in [0.2, 0.25) is 0 Å². The van der Waals surface area contributed by atoms with Gasteiger partial charge in [-0.3, -0.25) is 14.8 Å². The number of hydrogen-bond donors (Lipinski definition) is 2. The van der Waals surface area contributed by atoms with Gasteiger partial charge in [0.2, 0.25) is 0 Å². The van der Waals surface area contributed by atoms with Gasteiger partial charge in [0.25, 0.3) is 15.9 Å². The van der Waals surface area contributed by atoms with Gasteiger partial charge in [-0.25, -0.2) is 13.4 Å². The molecule has 0 spiro atoms.